The zero-order valence-corrected chi connectivity index (χ0v) is 13.4. The van der Waals surface area contributed by atoms with E-state index in [-0.39, 0.29) is 23.1 Å². The summed E-state index contributed by atoms with van der Waals surface area (Å²) in [5, 5.41) is 3.55. The molecule has 0 radical (unpaired) electrons. The minimum atomic E-state index is -3.66. The summed E-state index contributed by atoms with van der Waals surface area (Å²) in [5.41, 5.74) is 5.78. The van der Waals surface area contributed by atoms with Gasteiger partial charge in [0.25, 0.3) is 10.9 Å². The molecule has 0 saturated heterocycles. The second-order valence-electron chi connectivity index (χ2n) is 4.38. The minimum absolute atomic E-state index is 0.0108. The highest BCUT2D eigenvalue weighted by atomic mass is 79.9. The van der Waals surface area contributed by atoms with Crippen molar-refractivity contribution in [3.8, 4) is 11.4 Å². The maximum Gasteiger partial charge on any atom is 0.258 e. The lowest BCUT2D eigenvalue weighted by Gasteiger charge is -2.00. The number of nitrogen functional groups attached to an aromatic ring is 1. The number of rotatable bonds is 2. The molecule has 0 aliphatic rings. The lowest BCUT2D eigenvalue weighted by atomic mass is 10.2. The summed E-state index contributed by atoms with van der Waals surface area (Å²) < 4.78 is 38.5. The van der Waals surface area contributed by atoms with Gasteiger partial charge in [0.15, 0.2) is 5.82 Å². The molecule has 1 aromatic carbocycles. The fourth-order valence-corrected chi connectivity index (χ4v) is 2.80. The number of nitrogens with two attached hydrogens (primary N) is 1. The molecular formula is C11H8BrFN6O2S. The van der Waals surface area contributed by atoms with Crippen molar-refractivity contribution < 1.29 is 12.8 Å². The van der Waals surface area contributed by atoms with Crippen LogP contribution < -0.4 is 5.73 Å². The number of halogens is 2. The Morgan fingerprint density at radius 1 is 1.27 bits per heavy atom. The fraction of sp³-hybridized carbons (Fsp3) is 0.0909. The van der Waals surface area contributed by atoms with Crippen LogP contribution in [0.15, 0.2) is 27.8 Å². The third-order valence-electron chi connectivity index (χ3n) is 2.73. The van der Waals surface area contributed by atoms with Crippen LogP contribution in [-0.2, 0) is 9.84 Å². The molecule has 2 aromatic heterocycles. The molecule has 8 nitrogen and oxygen atoms in total. The highest BCUT2D eigenvalue weighted by Gasteiger charge is 2.20. The molecule has 0 bridgehead atoms. The zero-order chi connectivity index (χ0) is 16.1. The summed E-state index contributed by atoms with van der Waals surface area (Å²) in [6.07, 6.45) is 0.947. The van der Waals surface area contributed by atoms with Crippen LogP contribution >= 0.6 is 15.9 Å². The molecule has 0 spiro atoms. The average Bonchev–Trinajstić information content (AvgIpc) is 2.81. The number of benzene rings is 1. The van der Waals surface area contributed by atoms with E-state index in [4.69, 9.17) is 5.73 Å². The third-order valence-corrected chi connectivity index (χ3v) is 4.24. The second-order valence-corrected chi connectivity index (χ2v) is 7.14. The maximum atomic E-state index is 14.0. The molecule has 0 aliphatic heterocycles. The van der Waals surface area contributed by atoms with E-state index < -0.39 is 20.8 Å². The van der Waals surface area contributed by atoms with Gasteiger partial charge in [0.1, 0.15) is 5.82 Å². The van der Waals surface area contributed by atoms with E-state index in [1.165, 1.54) is 12.1 Å². The molecular weight excluding hydrogens is 379 g/mol. The van der Waals surface area contributed by atoms with Crippen molar-refractivity contribution in [2.24, 2.45) is 0 Å². The van der Waals surface area contributed by atoms with Gasteiger partial charge in [-0.05, 0) is 28.1 Å². The normalized spacial score (nSPS) is 12.0. The molecule has 114 valence electrons. The van der Waals surface area contributed by atoms with E-state index in [0.717, 1.165) is 10.8 Å². The predicted octanol–water partition coefficient (Wildman–Crippen LogP) is 1.07. The van der Waals surface area contributed by atoms with Crippen LogP contribution in [0.5, 0.6) is 0 Å². The molecule has 0 unspecified atom stereocenters. The molecule has 0 fully saturated rings. The molecule has 22 heavy (non-hydrogen) atoms. The van der Waals surface area contributed by atoms with Gasteiger partial charge in [-0.2, -0.15) is 19.5 Å². The monoisotopic (exact) mass is 386 g/mol. The van der Waals surface area contributed by atoms with Gasteiger partial charge >= 0.3 is 0 Å². The van der Waals surface area contributed by atoms with E-state index in [9.17, 15) is 12.8 Å². The quantitative estimate of drug-likeness (QED) is 0.699. The Labute approximate surface area is 132 Å². The van der Waals surface area contributed by atoms with Gasteiger partial charge < -0.3 is 5.73 Å². The Morgan fingerprint density at radius 3 is 2.64 bits per heavy atom. The summed E-state index contributed by atoms with van der Waals surface area (Å²) in [7, 11) is -3.66. The molecule has 11 heteroatoms. The van der Waals surface area contributed by atoms with E-state index >= 15 is 0 Å². The first-order valence-corrected chi connectivity index (χ1v) is 8.50. The maximum absolute atomic E-state index is 14.0. The van der Waals surface area contributed by atoms with E-state index in [1.54, 1.807) is 6.07 Å². The average molecular weight is 387 g/mol. The molecule has 2 heterocycles. The van der Waals surface area contributed by atoms with Crippen molar-refractivity contribution in [1.82, 2.24) is 24.6 Å². The van der Waals surface area contributed by atoms with Crippen molar-refractivity contribution in [2.45, 2.75) is 5.16 Å². The standard InChI is InChI=1S/C11H8BrFN6O2S/c1-22(20,21)11-16-9(14)19-10(17-11)15-8(18-19)7-5(12)3-2-4-6(7)13/h2-4H,1H3,(H2,14,15,16,17,18). The van der Waals surface area contributed by atoms with Crippen LogP contribution in [0, 0.1) is 5.82 Å². The fourth-order valence-electron chi connectivity index (χ4n) is 1.77. The van der Waals surface area contributed by atoms with Gasteiger partial charge in [-0.1, -0.05) is 6.07 Å². The van der Waals surface area contributed by atoms with Gasteiger partial charge in [-0.25, -0.2) is 12.8 Å². The first-order valence-electron chi connectivity index (χ1n) is 5.82. The summed E-state index contributed by atoms with van der Waals surface area (Å²) in [6, 6.07) is 4.40. The van der Waals surface area contributed by atoms with Crippen molar-refractivity contribution >= 4 is 37.5 Å². The van der Waals surface area contributed by atoms with Gasteiger partial charge in [-0.3, -0.25) is 0 Å². The van der Waals surface area contributed by atoms with Crippen LogP contribution in [0.4, 0.5) is 10.3 Å². The number of fused-ring (bicyclic) bond motifs is 1. The lowest BCUT2D eigenvalue weighted by Crippen LogP contribution is -2.11. The molecule has 3 rings (SSSR count). The second kappa shape index (κ2) is 4.95. The number of aromatic nitrogens is 5. The van der Waals surface area contributed by atoms with Gasteiger partial charge in [0, 0.05) is 10.7 Å². The van der Waals surface area contributed by atoms with Crippen LogP contribution in [0.25, 0.3) is 17.2 Å². The molecule has 2 N–H and O–H groups in total. The molecule has 0 atom stereocenters. The Hall–Kier alpha value is -2.14. The Balaban J connectivity index is 2.29. The van der Waals surface area contributed by atoms with Gasteiger partial charge in [-0.15, -0.1) is 5.10 Å². The number of nitrogens with zero attached hydrogens (tertiary/aromatic N) is 5. The highest BCUT2D eigenvalue weighted by molar-refractivity contribution is 9.10. The summed E-state index contributed by atoms with van der Waals surface area (Å²) in [6.45, 7) is 0. The smallest absolute Gasteiger partial charge is 0.258 e. The summed E-state index contributed by atoms with van der Waals surface area (Å²) in [5.74, 6) is -0.827. The zero-order valence-electron chi connectivity index (χ0n) is 11.0. The first kappa shape index (κ1) is 14.8. The number of hydrogen-bond acceptors (Lipinski definition) is 7. The highest BCUT2D eigenvalue weighted by Crippen LogP contribution is 2.28. The molecule has 3 aromatic rings. The van der Waals surface area contributed by atoms with Crippen molar-refractivity contribution in [3.05, 3.63) is 28.5 Å². The minimum Gasteiger partial charge on any atom is -0.368 e. The SMILES string of the molecule is CS(=O)(=O)c1nc(N)n2nc(-c3c(F)cccc3Br)nc2n1. The van der Waals surface area contributed by atoms with Gasteiger partial charge in [0.05, 0.1) is 5.56 Å². The van der Waals surface area contributed by atoms with E-state index in [0.29, 0.717) is 4.47 Å². The van der Waals surface area contributed by atoms with Crippen LogP contribution in [0.1, 0.15) is 0 Å². The number of anilines is 1. The van der Waals surface area contributed by atoms with Crippen molar-refractivity contribution in [3.63, 3.8) is 0 Å². The van der Waals surface area contributed by atoms with Crippen LogP contribution in [0.3, 0.4) is 0 Å². The molecule has 0 amide bonds. The molecule has 0 saturated carbocycles. The lowest BCUT2D eigenvalue weighted by molar-refractivity contribution is 0.592. The summed E-state index contributed by atoms with van der Waals surface area (Å²) >= 11 is 3.21. The van der Waals surface area contributed by atoms with E-state index in [1.807, 2.05) is 0 Å². The topological polar surface area (TPSA) is 116 Å². The summed E-state index contributed by atoms with van der Waals surface area (Å²) in [4.78, 5) is 11.5. The van der Waals surface area contributed by atoms with Crippen molar-refractivity contribution in [1.29, 1.82) is 0 Å². The van der Waals surface area contributed by atoms with Crippen LogP contribution in [0.2, 0.25) is 0 Å². The van der Waals surface area contributed by atoms with Crippen LogP contribution in [-0.4, -0.2) is 39.2 Å². The Bertz CT molecular complexity index is 983. The Kier molecular flexibility index (Phi) is 3.33. The van der Waals surface area contributed by atoms with E-state index in [2.05, 4.69) is 36.0 Å². The third kappa shape index (κ3) is 2.41. The molecule has 0 aliphatic carbocycles. The van der Waals surface area contributed by atoms with Crippen molar-refractivity contribution in [2.75, 3.05) is 12.0 Å². The largest absolute Gasteiger partial charge is 0.368 e. The first-order chi connectivity index (χ1) is 10.3. The number of sulfone groups is 1. The van der Waals surface area contributed by atoms with Gasteiger partial charge in [0.2, 0.25) is 15.8 Å². The Morgan fingerprint density at radius 2 is 2.00 bits per heavy atom. The predicted molar refractivity (Wildman–Crippen MR) is 79.2 cm³/mol. The number of hydrogen-bond donors (Lipinski definition) is 1.